The molecule has 3 rings (SSSR count). The Kier molecular flexibility index (Phi) is 3.15. The standard InChI is InChI=1S/C11H10N6OS/c19-11-16-15-10(8-1-4-12-5-2-8)17(11)6-3-9-13-7-14-18-9/h1-2,4-5,7H,3,6H2,(H,16,19). The second-order valence-electron chi connectivity index (χ2n) is 3.82. The molecule has 0 bridgehead atoms. The number of aromatic nitrogens is 6. The van der Waals surface area contributed by atoms with E-state index in [1.54, 1.807) is 12.4 Å². The maximum absolute atomic E-state index is 5.23. The van der Waals surface area contributed by atoms with Gasteiger partial charge in [-0.15, -0.1) is 0 Å². The summed E-state index contributed by atoms with van der Waals surface area (Å²) in [5, 5.41) is 10.6. The van der Waals surface area contributed by atoms with Gasteiger partial charge in [-0.1, -0.05) is 5.16 Å². The number of pyridine rings is 1. The fraction of sp³-hybridized carbons (Fsp3) is 0.182. The van der Waals surface area contributed by atoms with E-state index < -0.39 is 0 Å². The number of nitrogens with zero attached hydrogens (tertiary/aromatic N) is 5. The molecular formula is C11H10N6OS. The smallest absolute Gasteiger partial charge is 0.228 e. The van der Waals surface area contributed by atoms with Gasteiger partial charge in [0.2, 0.25) is 5.89 Å². The summed E-state index contributed by atoms with van der Waals surface area (Å²) < 4.78 is 7.43. The predicted molar refractivity (Wildman–Crippen MR) is 68.6 cm³/mol. The summed E-state index contributed by atoms with van der Waals surface area (Å²) >= 11 is 5.23. The Morgan fingerprint density at radius 3 is 2.89 bits per heavy atom. The van der Waals surface area contributed by atoms with E-state index in [4.69, 9.17) is 16.7 Å². The van der Waals surface area contributed by atoms with E-state index in [-0.39, 0.29) is 0 Å². The largest absolute Gasteiger partial charge is 0.340 e. The maximum Gasteiger partial charge on any atom is 0.228 e. The normalized spacial score (nSPS) is 10.7. The van der Waals surface area contributed by atoms with E-state index in [0.717, 1.165) is 11.4 Å². The molecule has 3 heterocycles. The van der Waals surface area contributed by atoms with Crippen LogP contribution in [0.15, 0.2) is 35.4 Å². The van der Waals surface area contributed by atoms with Gasteiger partial charge >= 0.3 is 0 Å². The van der Waals surface area contributed by atoms with Crippen molar-refractivity contribution in [2.75, 3.05) is 0 Å². The lowest BCUT2D eigenvalue weighted by Crippen LogP contribution is -2.04. The molecule has 0 spiro atoms. The predicted octanol–water partition coefficient (Wildman–Crippen LogP) is 1.63. The number of aryl methyl sites for hydroxylation is 1. The Balaban J connectivity index is 1.89. The van der Waals surface area contributed by atoms with E-state index in [2.05, 4.69) is 25.3 Å². The first kappa shape index (κ1) is 11.7. The van der Waals surface area contributed by atoms with Gasteiger partial charge in [0.15, 0.2) is 16.9 Å². The summed E-state index contributed by atoms with van der Waals surface area (Å²) in [6.45, 7) is 0.620. The molecule has 0 radical (unpaired) electrons. The van der Waals surface area contributed by atoms with Crippen LogP contribution in [-0.4, -0.2) is 29.9 Å². The fourth-order valence-electron chi connectivity index (χ4n) is 1.76. The van der Waals surface area contributed by atoms with Gasteiger partial charge in [-0.25, -0.2) is 0 Å². The number of H-pyrrole nitrogens is 1. The maximum atomic E-state index is 5.23. The van der Waals surface area contributed by atoms with Gasteiger partial charge in [0.05, 0.1) is 0 Å². The summed E-state index contributed by atoms with van der Waals surface area (Å²) in [5.41, 5.74) is 0.952. The molecule has 0 aliphatic rings. The van der Waals surface area contributed by atoms with E-state index in [0.29, 0.717) is 23.6 Å². The molecule has 3 aromatic heterocycles. The molecule has 1 N–H and O–H groups in total. The van der Waals surface area contributed by atoms with Gasteiger partial charge in [-0.3, -0.25) is 14.6 Å². The minimum absolute atomic E-state index is 0.561. The highest BCUT2D eigenvalue weighted by Crippen LogP contribution is 2.16. The Hall–Kier alpha value is -2.35. The molecule has 3 aromatic rings. The van der Waals surface area contributed by atoms with Gasteiger partial charge in [0.25, 0.3) is 0 Å². The summed E-state index contributed by atoms with van der Waals surface area (Å²) in [6.07, 6.45) is 5.42. The van der Waals surface area contributed by atoms with Gasteiger partial charge in [-0.05, 0) is 24.4 Å². The zero-order valence-corrected chi connectivity index (χ0v) is 10.7. The SMILES string of the molecule is S=c1[nH]nc(-c2ccncc2)n1CCc1ncno1. The second-order valence-corrected chi connectivity index (χ2v) is 4.21. The van der Waals surface area contributed by atoms with Crippen molar-refractivity contribution in [3.8, 4) is 11.4 Å². The Morgan fingerprint density at radius 2 is 2.16 bits per heavy atom. The van der Waals surface area contributed by atoms with Crippen molar-refractivity contribution in [1.29, 1.82) is 0 Å². The third-order valence-electron chi connectivity index (χ3n) is 2.65. The van der Waals surface area contributed by atoms with Crippen LogP contribution < -0.4 is 0 Å². The first-order valence-electron chi connectivity index (χ1n) is 5.66. The second kappa shape index (κ2) is 5.11. The molecule has 0 saturated carbocycles. The van der Waals surface area contributed by atoms with E-state index in [9.17, 15) is 0 Å². The van der Waals surface area contributed by atoms with Gasteiger partial charge in [-0.2, -0.15) is 10.1 Å². The quantitative estimate of drug-likeness (QED) is 0.728. The highest BCUT2D eigenvalue weighted by atomic mass is 32.1. The summed E-state index contributed by atoms with van der Waals surface area (Å²) in [6, 6.07) is 3.77. The molecule has 0 amide bonds. The Morgan fingerprint density at radius 1 is 1.32 bits per heavy atom. The molecule has 8 heteroatoms. The molecule has 0 aliphatic carbocycles. The van der Waals surface area contributed by atoms with E-state index in [1.807, 2.05) is 16.7 Å². The van der Waals surface area contributed by atoms with Crippen molar-refractivity contribution >= 4 is 12.2 Å². The molecular weight excluding hydrogens is 264 g/mol. The molecule has 0 aliphatic heterocycles. The third kappa shape index (κ3) is 2.43. The molecule has 0 atom stereocenters. The number of hydrogen-bond donors (Lipinski definition) is 1. The van der Waals surface area contributed by atoms with Crippen molar-refractivity contribution in [1.82, 2.24) is 29.9 Å². The average molecular weight is 274 g/mol. The average Bonchev–Trinajstić information content (AvgIpc) is 3.07. The Bertz CT molecular complexity index is 702. The topological polar surface area (TPSA) is 85.4 Å². The number of nitrogens with one attached hydrogen (secondary N) is 1. The Labute approximate surface area is 113 Å². The van der Waals surface area contributed by atoms with Crippen LogP contribution in [0, 0.1) is 4.77 Å². The van der Waals surface area contributed by atoms with Crippen LogP contribution >= 0.6 is 12.2 Å². The molecule has 19 heavy (non-hydrogen) atoms. The molecule has 0 fully saturated rings. The number of rotatable bonds is 4. The fourth-order valence-corrected chi connectivity index (χ4v) is 1.98. The van der Waals surface area contributed by atoms with Crippen LogP contribution in [-0.2, 0) is 13.0 Å². The lowest BCUT2D eigenvalue weighted by atomic mass is 10.2. The monoisotopic (exact) mass is 274 g/mol. The van der Waals surface area contributed by atoms with Crippen LogP contribution in [0.25, 0.3) is 11.4 Å². The van der Waals surface area contributed by atoms with Crippen molar-refractivity contribution in [2.45, 2.75) is 13.0 Å². The molecule has 7 nitrogen and oxygen atoms in total. The number of hydrogen-bond acceptors (Lipinski definition) is 6. The number of aromatic amines is 1. The summed E-state index contributed by atoms with van der Waals surface area (Å²) in [4.78, 5) is 7.97. The highest BCUT2D eigenvalue weighted by Gasteiger charge is 2.09. The third-order valence-corrected chi connectivity index (χ3v) is 2.96. The van der Waals surface area contributed by atoms with Gasteiger partial charge in [0, 0.05) is 30.9 Å². The molecule has 0 aromatic carbocycles. The molecule has 96 valence electrons. The summed E-state index contributed by atoms with van der Waals surface area (Å²) in [5.74, 6) is 1.34. The van der Waals surface area contributed by atoms with Crippen LogP contribution in [0.4, 0.5) is 0 Å². The van der Waals surface area contributed by atoms with Crippen molar-refractivity contribution < 1.29 is 4.52 Å². The molecule has 0 saturated heterocycles. The summed E-state index contributed by atoms with van der Waals surface area (Å²) in [7, 11) is 0. The zero-order valence-electron chi connectivity index (χ0n) is 9.85. The lowest BCUT2D eigenvalue weighted by molar-refractivity contribution is 0.371. The first-order chi connectivity index (χ1) is 9.34. The van der Waals surface area contributed by atoms with Crippen molar-refractivity contribution in [3.05, 3.63) is 41.5 Å². The van der Waals surface area contributed by atoms with Crippen molar-refractivity contribution in [2.24, 2.45) is 0 Å². The minimum atomic E-state index is 0.561. The zero-order chi connectivity index (χ0) is 13.1. The highest BCUT2D eigenvalue weighted by molar-refractivity contribution is 7.71. The van der Waals surface area contributed by atoms with Crippen LogP contribution in [0.2, 0.25) is 0 Å². The van der Waals surface area contributed by atoms with Crippen LogP contribution in [0.3, 0.4) is 0 Å². The van der Waals surface area contributed by atoms with Crippen LogP contribution in [0.1, 0.15) is 5.89 Å². The minimum Gasteiger partial charge on any atom is -0.340 e. The van der Waals surface area contributed by atoms with E-state index >= 15 is 0 Å². The van der Waals surface area contributed by atoms with Crippen molar-refractivity contribution in [3.63, 3.8) is 0 Å². The first-order valence-corrected chi connectivity index (χ1v) is 6.06. The van der Waals surface area contributed by atoms with Gasteiger partial charge < -0.3 is 4.52 Å². The van der Waals surface area contributed by atoms with E-state index in [1.165, 1.54) is 6.33 Å². The van der Waals surface area contributed by atoms with Gasteiger partial charge in [0.1, 0.15) is 0 Å². The molecule has 0 unspecified atom stereocenters. The lowest BCUT2D eigenvalue weighted by Gasteiger charge is -2.04. The van der Waals surface area contributed by atoms with Crippen LogP contribution in [0.5, 0.6) is 0 Å².